The molecule has 25 heavy (non-hydrogen) atoms. The summed E-state index contributed by atoms with van der Waals surface area (Å²) >= 11 is 12.1. The van der Waals surface area contributed by atoms with Crippen LogP contribution in [-0.2, 0) is 6.54 Å². The zero-order valence-electron chi connectivity index (χ0n) is 14.1. The van der Waals surface area contributed by atoms with Crippen LogP contribution >= 0.6 is 23.2 Å². The van der Waals surface area contributed by atoms with Gasteiger partial charge in [0.25, 0.3) is 0 Å². The summed E-state index contributed by atoms with van der Waals surface area (Å²) in [4.78, 5) is 14.1. The lowest BCUT2D eigenvalue weighted by atomic mass is 10.1. The Morgan fingerprint density at radius 2 is 2.20 bits per heavy atom. The van der Waals surface area contributed by atoms with Gasteiger partial charge in [-0.1, -0.05) is 23.2 Å². The maximum absolute atomic E-state index is 14.0. The van der Waals surface area contributed by atoms with Crippen LogP contribution in [0.3, 0.4) is 0 Å². The number of anilines is 1. The molecule has 0 amide bonds. The van der Waals surface area contributed by atoms with Crippen LogP contribution in [0.1, 0.15) is 25.1 Å². The topological polar surface area (TPSA) is 58.9 Å². The normalized spacial score (nSPS) is 17.9. The number of hydrogen-bond donors (Lipinski definition) is 1. The number of nitrogens with one attached hydrogen (secondary N) is 1. The zero-order chi connectivity index (χ0) is 17.8. The van der Waals surface area contributed by atoms with E-state index in [1.807, 2.05) is 16.4 Å². The minimum Gasteiger partial charge on any atom is -0.349 e. The molecule has 0 aliphatic carbocycles. The molecule has 0 bridgehead atoms. The average Bonchev–Trinajstić information content (AvgIpc) is 2.85. The monoisotopic (exact) mass is 386 g/mol. The van der Waals surface area contributed by atoms with Crippen LogP contribution in [0.5, 0.6) is 0 Å². The van der Waals surface area contributed by atoms with E-state index in [1.54, 1.807) is 0 Å². The molecular formula is C16H21Cl2FN6. The van der Waals surface area contributed by atoms with E-state index in [0.29, 0.717) is 16.1 Å². The molecule has 6 nitrogen and oxygen atoms in total. The lowest BCUT2D eigenvalue weighted by Gasteiger charge is -2.37. The third kappa shape index (κ3) is 4.22. The number of halogens is 3. The summed E-state index contributed by atoms with van der Waals surface area (Å²) in [5.41, 5.74) is 0. The number of rotatable bonds is 6. The molecule has 1 saturated heterocycles. The van der Waals surface area contributed by atoms with Crippen molar-refractivity contribution in [3.63, 3.8) is 0 Å². The molecule has 0 radical (unpaired) electrons. The molecule has 2 aromatic heterocycles. The number of piperazine rings is 1. The number of nitrogens with zero attached hydrogens (tertiary/aromatic N) is 5. The predicted octanol–water partition coefficient (Wildman–Crippen LogP) is 3.08. The molecule has 0 spiro atoms. The van der Waals surface area contributed by atoms with Crippen molar-refractivity contribution in [3.8, 4) is 0 Å². The SMILES string of the molecule is Cc1nc(Cl)c(Cl)n1CCCCC1CNCCN1c1ncncc1F. The average molecular weight is 387 g/mol. The number of hydrogen-bond acceptors (Lipinski definition) is 5. The van der Waals surface area contributed by atoms with Gasteiger partial charge in [-0.05, 0) is 26.2 Å². The van der Waals surface area contributed by atoms with E-state index < -0.39 is 0 Å². The van der Waals surface area contributed by atoms with Crippen molar-refractivity contribution in [1.29, 1.82) is 0 Å². The Balaban J connectivity index is 1.57. The minimum atomic E-state index is -0.370. The summed E-state index contributed by atoms with van der Waals surface area (Å²) in [5.74, 6) is 0.839. The van der Waals surface area contributed by atoms with E-state index in [1.165, 1.54) is 12.5 Å². The Kier molecular flexibility index (Phi) is 6.09. The van der Waals surface area contributed by atoms with E-state index in [4.69, 9.17) is 23.2 Å². The maximum Gasteiger partial charge on any atom is 0.183 e. The lowest BCUT2D eigenvalue weighted by molar-refractivity contribution is 0.424. The predicted molar refractivity (Wildman–Crippen MR) is 96.8 cm³/mol. The van der Waals surface area contributed by atoms with Gasteiger partial charge in [0.05, 0.1) is 6.20 Å². The van der Waals surface area contributed by atoms with Crippen molar-refractivity contribution in [3.05, 3.63) is 34.5 Å². The highest BCUT2D eigenvalue weighted by Crippen LogP contribution is 2.24. The Bertz CT molecular complexity index is 723. The van der Waals surface area contributed by atoms with Crippen LogP contribution in [0.4, 0.5) is 10.2 Å². The van der Waals surface area contributed by atoms with E-state index >= 15 is 0 Å². The van der Waals surface area contributed by atoms with Gasteiger partial charge in [0, 0.05) is 32.2 Å². The van der Waals surface area contributed by atoms with Gasteiger partial charge in [-0.2, -0.15) is 0 Å². The highest BCUT2D eigenvalue weighted by Gasteiger charge is 2.25. The van der Waals surface area contributed by atoms with Gasteiger partial charge in [0.1, 0.15) is 17.3 Å². The van der Waals surface area contributed by atoms with Gasteiger partial charge in [-0.25, -0.2) is 19.3 Å². The molecule has 0 aromatic carbocycles. The third-order valence-electron chi connectivity index (χ3n) is 4.50. The van der Waals surface area contributed by atoms with Crippen LogP contribution in [0, 0.1) is 12.7 Å². The summed E-state index contributed by atoms with van der Waals surface area (Å²) in [7, 11) is 0. The fourth-order valence-corrected chi connectivity index (χ4v) is 3.70. The molecule has 1 unspecified atom stereocenters. The van der Waals surface area contributed by atoms with Crippen molar-refractivity contribution in [2.45, 2.75) is 38.8 Å². The van der Waals surface area contributed by atoms with Crippen molar-refractivity contribution in [2.24, 2.45) is 0 Å². The first kappa shape index (κ1) is 18.4. The van der Waals surface area contributed by atoms with E-state index in [9.17, 15) is 4.39 Å². The third-order valence-corrected chi connectivity index (χ3v) is 5.24. The second-order valence-electron chi connectivity index (χ2n) is 6.13. The number of imidazole rings is 1. The van der Waals surface area contributed by atoms with Crippen LogP contribution in [-0.4, -0.2) is 45.2 Å². The molecule has 2 aromatic rings. The Morgan fingerprint density at radius 3 is 2.92 bits per heavy atom. The molecule has 3 heterocycles. The Morgan fingerprint density at radius 1 is 1.36 bits per heavy atom. The van der Waals surface area contributed by atoms with Crippen LogP contribution in [0.15, 0.2) is 12.5 Å². The lowest BCUT2D eigenvalue weighted by Crippen LogP contribution is -2.52. The second kappa shape index (κ2) is 8.29. The van der Waals surface area contributed by atoms with Gasteiger partial charge in [-0.3, -0.25) is 0 Å². The standard InChI is InChI=1S/C16H21Cl2FN6/c1-11-23-14(17)15(18)24(11)6-3-2-4-12-8-20-5-7-25(12)16-13(19)9-21-10-22-16/h9-10,12,20H,2-8H2,1H3. The first-order valence-electron chi connectivity index (χ1n) is 8.39. The van der Waals surface area contributed by atoms with Crippen molar-refractivity contribution in [1.82, 2.24) is 24.8 Å². The van der Waals surface area contributed by atoms with Gasteiger partial charge in [0.2, 0.25) is 0 Å². The summed E-state index contributed by atoms with van der Waals surface area (Å²) in [5, 5.41) is 4.21. The van der Waals surface area contributed by atoms with Crippen molar-refractivity contribution in [2.75, 3.05) is 24.5 Å². The molecule has 1 atom stereocenters. The molecule has 1 fully saturated rings. The van der Waals surface area contributed by atoms with E-state index in [0.717, 1.165) is 51.3 Å². The van der Waals surface area contributed by atoms with Crippen molar-refractivity contribution >= 4 is 29.0 Å². The maximum atomic E-state index is 14.0. The molecule has 136 valence electrons. The Hall–Kier alpha value is -1.44. The largest absolute Gasteiger partial charge is 0.349 e. The van der Waals surface area contributed by atoms with Crippen LogP contribution in [0.25, 0.3) is 0 Å². The summed E-state index contributed by atoms with van der Waals surface area (Å²) in [6.07, 6.45) is 5.49. The molecule has 9 heteroatoms. The van der Waals surface area contributed by atoms with E-state index in [2.05, 4.69) is 20.3 Å². The number of aryl methyl sites for hydroxylation is 1. The number of aromatic nitrogens is 4. The number of unbranched alkanes of at least 4 members (excludes halogenated alkanes) is 1. The first-order valence-corrected chi connectivity index (χ1v) is 9.14. The fraction of sp³-hybridized carbons (Fsp3) is 0.562. The second-order valence-corrected chi connectivity index (χ2v) is 6.85. The molecule has 1 aliphatic rings. The molecule has 0 saturated carbocycles. The fourth-order valence-electron chi connectivity index (χ4n) is 3.23. The van der Waals surface area contributed by atoms with Crippen molar-refractivity contribution < 1.29 is 4.39 Å². The summed E-state index contributed by atoms with van der Waals surface area (Å²) in [6, 6.07) is 0.209. The summed E-state index contributed by atoms with van der Waals surface area (Å²) < 4.78 is 15.9. The highest BCUT2D eigenvalue weighted by molar-refractivity contribution is 6.40. The van der Waals surface area contributed by atoms with Gasteiger partial charge in [-0.15, -0.1) is 0 Å². The molecule has 1 N–H and O–H groups in total. The highest BCUT2D eigenvalue weighted by atomic mass is 35.5. The first-order chi connectivity index (χ1) is 12.1. The van der Waals surface area contributed by atoms with Gasteiger partial charge in [0.15, 0.2) is 16.8 Å². The van der Waals surface area contributed by atoms with Crippen LogP contribution < -0.4 is 10.2 Å². The van der Waals surface area contributed by atoms with Gasteiger partial charge >= 0.3 is 0 Å². The van der Waals surface area contributed by atoms with Crippen LogP contribution in [0.2, 0.25) is 10.3 Å². The molecular weight excluding hydrogens is 366 g/mol. The van der Waals surface area contributed by atoms with Gasteiger partial charge < -0.3 is 14.8 Å². The Labute approximate surface area is 156 Å². The molecule has 3 rings (SSSR count). The molecule has 1 aliphatic heterocycles. The smallest absolute Gasteiger partial charge is 0.183 e. The summed E-state index contributed by atoms with van der Waals surface area (Å²) in [6.45, 7) is 5.04. The van der Waals surface area contributed by atoms with E-state index in [-0.39, 0.29) is 11.9 Å². The quantitative estimate of drug-likeness (QED) is 0.772. The zero-order valence-corrected chi connectivity index (χ0v) is 15.6. The minimum absolute atomic E-state index is 0.209.